The molecule has 0 aliphatic carbocycles. The molecule has 0 aliphatic rings. The minimum absolute atomic E-state index is 0.898. The van der Waals surface area contributed by atoms with Crippen LogP contribution in [0.15, 0.2) is 235 Å². The van der Waals surface area contributed by atoms with Gasteiger partial charge in [-0.3, -0.25) is 0 Å². The molecule has 3 heterocycles. The largest absolute Gasteiger partial charge is 0.456 e. The predicted octanol–water partition coefficient (Wildman–Crippen LogP) is 17.5. The van der Waals surface area contributed by atoms with E-state index in [0.29, 0.717) is 0 Å². The van der Waals surface area contributed by atoms with Gasteiger partial charge in [0.05, 0.1) is 11.0 Å². The minimum atomic E-state index is 0.898. The topological polar surface area (TPSA) is 21.3 Å². The van der Waals surface area contributed by atoms with E-state index in [2.05, 4.69) is 228 Å². The van der Waals surface area contributed by atoms with Gasteiger partial charge in [-0.15, -0.1) is 11.3 Å². The second kappa shape index (κ2) is 14.7. The lowest BCUT2D eigenvalue weighted by atomic mass is 9.98. The van der Waals surface area contributed by atoms with Gasteiger partial charge in [-0.2, -0.15) is 0 Å². The van der Waals surface area contributed by atoms with Crippen LogP contribution in [-0.2, 0) is 0 Å². The average Bonchev–Trinajstić information content (AvgIpc) is 4.05. The summed E-state index contributed by atoms with van der Waals surface area (Å²) in [6, 6.07) is 83.5. The quantitative estimate of drug-likeness (QED) is 0.159. The van der Waals surface area contributed by atoms with Crippen molar-refractivity contribution in [2.75, 3.05) is 4.90 Å². The first-order valence-electron chi connectivity index (χ1n) is 21.7. The fourth-order valence-corrected chi connectivity index (χ4v) is 11.1. The average molecular weight is 835 g/mol. The Balaban J connectivity index is 0.984. The molecule has 0 unspecified atom stereocenters. The Labute approximate surface area is 373 Å². The second-order valence-electron chi connectivity index (χ2n) is 16.5. The highest BCUT2D eigenvalue weighted by Crippen LogP contribution is 2.47. The summed E-state index contributed by atoms with van der Waals surface area (Å²) in [6.45, 7) is 0. The van der Waals surface area contributed by atoms with Gasteiger partial charge in [0.15, 0.2) is 0 Å². The highest BCUT2D eigenvalue weighted by Gasteiger charge is 2.20. The second-order valence-corrected chi connectivity index (χ2v) is 17.5. The van der Waals surface area contributed by atoms with Crippen molar-refractivity contribution < 1.29 is 4.42 Å². The van der Waals surface area contributed by atoms with E-state index in [0.717, 1.165) is 55.8 Å². The summed E-state index contributed by atoms with van der Waals surface area (Å²) in [7, 11) is 0. The molecule has 300 valence electrons. The summed E-state index contributed by atoms with van der Waals surface area (Å²) in [4.78, 5) is 2.41. The van der Waals surface area contributed by atoms with E-state index < -0.39 is 0 Å². The number of rotatable bonds is 7. The van der Waals surface area contributed by atoms with Gasteiger partial charge >= 0.3 is 0 Å². The van der Waals surface area contributed by atoms with Crippen molar-refractivity contribution in [1.82, 2.24) is 4.57 Å². The number of para-hydroxylation sites is 3. The molecule has 0 radical (unpaired) electrons. The lowest BCUT2D eigenvalue weighted by molar-refractivity contribution is 0.669. The number of anilines is 3. The number of nitrogens with zero attached hydrogens (tertiary/aromatic N) is 2. The number of hydrogen-bond acceptors (Lipinski definition) is 3. The van der Waals surface area contributed by atoms with E-state index in [1.165, 1.54) is 64.2 Å². The molecule has 0 saturated heterocycles. The van der Waals surface area contributed by atoms with Gasteiger partial charge in [0.1, 0.15) is 11.2 Å². The molecule has 0 aliphatic heterocycles. The zero-order valence-corrected chi connectivity index (χ0v) is 35.5. The molecule has 10 aromatic carbocycles. The number of aromatic nitrogens is 1. The van der Waals surface area contributed by atoms with Crippen LogP contribution in [0, 0.1) is 0 Å². The molecule has 13 rings (SSSR count). The molecule has 64 heavy (non-hydrogen) atoms. The van der Waals surface area contributed by atoms with E-state index >= 15 is 0 Å². The summed E-state index contributed by atoms with van der Waals surface area (Å²) in [5.41, 5.74) is 15.7. The van der Waals surface area contributed by atoms with Crippen LogP contribution in [0.25, 0.3) is 103 Å². The molecule has 0 fully saturated rings. The Morgan fingerprint density at radius 1 is 0.359 bits per heavy atom. The first kappa shape index (κ1) is 36.5. The molecule has 0 spiro atoms. The van der Waals surface area contributed by atoms with E-state index in [-0.39, 0.29) is 0 Å². The van der Waals surface area contributed by atoms with Crippen LogP contribution in [0.4, 0.5) is 17.1 Å². The third kappa shape index (κ3) is 5.88. The zero-order valence-electron chi connectivity index (χ0n) is 34.7. The summed E-state index contributed by atoms with van der Waals surface area (Å²) < 4.78 is 11.2. The summed E-state index contributed by atoms with van der Waals surface area (Å²) >= 11 is 1.87. The molecule has 13 aromatic rings. The molecule has 0 saturated carbocycles. The van der Waals surface area contributed by atoms with Gasteiger partial charge in [-0.1, -0.05) is 152 Å². The maximum absolute atomic E-state index is 6.29. The lowest BCUT2D eigenvalue weighted by Gasteiger charge is -2.27. The van der Waals surface area contributed by atoms with E-state index in [4.69, 9.17) is 4.42 Å². The molecule has 0 N–H and O–H groups in total. The molecule has 0 bridgehead atoms. The van der Waals surface area contributed by atoms with E-state index in [1.807, 2.05) is 23.5 Å². The fraction of sp³-hybridized carbons (Fsp3) is 0. The number of fused-ring (bicyclic) bond motifs is 9. The van der Waals surface area contributed by atoms with Gasteiger partial charge in [0.2, 0.25) is 0 Å². The fourth-order valence-electron chi connectivity index (χ4n) is 9.83. The SMILES string of the molecule is c1ccc(-c2ccc(N(c3ccc(-c4cccc5oc6ccccc6c45)cc3)c3cc(-c4ccc(-n5c6ccccc6c6ccccc65)cc4)c4sc5ccccc5c4c3)cc2)cc1. The standard InChI is InChI=1S/C60H38N2OS/c1-2-13-39(14-3-1)40-25-31-43(32-26-40)61(44-33-27-41(28-34-44)47-19-12-23-57-59(47)51-18-6-10-22-56(51)63-57)46-37-52(60-53(38-46)50-17-7-11-24-58(50)64-60)42-29-35-45(36-30-42)62-54-20-8-4-15-48(54)49-16-5-9-21-55(49)62/h1-38H. The zero-order chi connectivity index (χ0) is 42.1. The van der Waals surface area contributed by atoms with E-state index in [9.17, 15) is 0 Å². The Hall–Kier alpha value is -8.18. The number of thiophene rings is 1. The Kier molecular flexibility index (Phi) is 8.40. The predicted molar refractivity (Wildman–Crippen MR) is 272 cm³/mol. The first-order chi connectivity index (χ1) is 31.7. The Bertz CT molecular complexity index is 3820. The van der Waals surface area contributed by atoms with Crippen LogP contribution in [0.3, 0.4) is 0 Å². The number of hydrogen-bond donors (Lipinski definition) is 0. The van der Waals surface area contributed by atoms with Crippen LogP contribution in [-0.4, -0.2) is 4.57 Å². The van der Waals surface area contributed by atoms with Gasteiger partial charge in [-0.25, -0.2) is 0 Å². The van der Waals surface area contributed by atoms with Crippen molar-refractivity contribution in [1.29, 1.82) is 0 Å². The summed E-state index contributed by atoms with van der Waals surface area (Å²) in [5.74, 6) is 0. The molecular formula is C60H38N2OS. The molecular weight excluding hydrogens is 797 g/mol. The lowest BCUT2D eigenvalue weighted by Crippen LogP contribution is -2.10. The van der Waals surface area contributed by atoms with Gasteiger partial charge < -0.3 is 13.9 Å². The minimum Gasteiger partial charge on any atom is -0.456 e. The summed E-state index contributed by atoms with van der Waals surface area (Å²) in [5, 5.41) is 7.31. The number of benzene rings is 10. The summed E-state index contributed by atoms with van der Waals surface area (Å²) in [6.07, 6.45) is 0. The van der Waals surface area contributed by atoms with Gasteiger partial charge in [-0.05, 0) is 107 Å². The van der Waals surface area contributed by atoms with Crippen LogP contribution >= 0.6 is 11.3 Å². The van der Waals surface area contributed by atoms with Gasteiger partial charge in [0, 0.05) is 70.0 Å². The smallest absolute Gasteiger partial charge is 0.136 e. The van der Waals surface area contributed by atoms with Crippen LogP contribution in [0.5, 0.6) is 0 Å². The molecule has 0 amide bonds. The molecule has 3 aromatic heterocycles. The van der Waals surface area contributed by atoms with Crippen molar-refractivity contribution in [3.05, 3.63) is 231 Å². The Morgan fingerprint density at radius 2 is 0.906 bits per heavy atom. The third-order valence-corrected chi connectivity index (χ3v) is 14.0. The van der Waals surface area contributed by atoms with Crippen molar-refractivity contribution in [2.45, 2.75) is 0 Å². The maximum Gasteiger partial charge on any atom is 0.136 e. The van der Waals surface area contributed by atoms with Crippen LogP contribution in [0.1, 0.15) is 0 Å². The monoisotopic (exact) mass is 834 g/mol. The number of furan rings is 1. The van der Waals surface area contributed by atoms with E-state index in [1.54, 1.807) is 0 Å². The van der Waals surface area contributed by atoms with Crippen molar-refractivity contribution >= 4 is 92.3 Å². The molecule has 4 heteroatoms. The molecule has 3 nitrogen and oxygen atoms in total. The van der Waals surface area contributed by atoms with Gasteiger partial charge in [0.25, 0.3) is 0 Å². The molecule has 0 atom stereocenters. The normalized spacial score (nSPS) is 11.8. The highest BCUT2D eigenvalue weighted by atomic mass is 32.1. The maximum atomic E-state index is 6.29. The Morgan fingerprint density at radius 3 is 1.62 bits per heavy atom. The van der Waals surface area contributed by atoms with Crippen LogP contribution < -0.4 is 4.90 Å². The van der Waals surface area contributed by atoms with Crippen molar-refractivity contribution in [3.63, 3.8) is 0 Å². The van der Waals surface area contributed by atoms with Crippen molar-refractivity contribution in [3.8, 4) is 39.1 Å². The highest BCUT2D eigenvalue weighted by molar-refractivity contribution is 7.26. The van der Waals surface area contributed by atoms with Crippen LogP contribution in [0.2, 0.25) is 0 Å². The van der Waals surface area contributed by atoms with Crippen molar-refractivity contribution in [2.24, 2.45) is 0 Å². The third-order valence-electron chi connectivity index (χ3n) is 12.8. The first-order valence-corrected chi connectivity index (χ1v) is 22.6.